The molecule has 0 saturated carbocycles. The fourth-order valence-electron chi connectivity index (χ4n) is 2.79. The van der Waals surface area contributed by atoms with E-state index in [2.05, 4.69) is 0 Å². The number of ketones is 1. The van der Waals surface area contributed by atoms with Gasteiger partial charge >= 0.3 is 0 Å². The van der Waals surface area contributed by atoms with Crippen molar-refractivity contribution in [3.8, 4) is 11.5 Å². The number of carbonyl (C=O) groups excluding carboxylic acids is 2. The van der Waals surface area contributed by atoms with E-state index >= 15 is 0 Å². The highest BCUT2D eigenvalue weighted by Gasteiger charge is 2.26. The molecule has 0 amide bonds. The van der Waals surface area contributed by atoms with Gasteiger partial charge in [0.2, 0.25) is 5.78 Å². The Balaban J connectivity index is 2.05. The van der Waals surface area contributed by atoms with Gasteiger partial charge in [0.1, 0.15) is 0 Å². The molecule has 4 heteroatoms. The number of ether oxygens (including phenoxy) is 2. The minimum Gasteiger partial charge on any atom is -0.490 e. The van der Waals surface area contributed by atoms with Crippen molar-refractivity contribution in [1.29, 1.82) is 0 Å². The van der Waals surface area contributed by atoms with Crippen LogP contribution >= 0.6 is 0 Å². The molecule has 136 valence electrons. The van der Waals surface area contributed by atoms with E-state index in [9.17, 15) is 9.59 Å². The van der Waals surface area contributed by atoms with Crippen molar-refractivity contribution in [2.24, 2.45) is 0 Å². The van der Waals surface area contributed by atoms with E-state index in [1.54, 1.807) is 42.5 Å². The molecular formula is C23H20O4. The van der Waals surface area contributed by atoms with Crippen LogP contribution in [0.4, 0.5) is 0 Å². The topological polar surface area (TPSA) is 52.6 Å². The van der Waals surface area contributed by atoms with Gasteiger partial charge in [0.25, 0.3) is 0 Å². The van der Waals surface area contributed by atoms with Gasteiger partial charge in [-0.05, 0) is 19.1 Å². The van der Waals surface area contributed by atoms with Crippen molar-refractivity contribution in [2.45, 2.75) is 13.0 Å². The van der Waals surface area contributed by atoms with Gasteiger partial charge in [0.05, 0.1) is 12.2 Å². The fourth-order valence-corrected chi connectivity index (χ4v) is 2.79. The third-order valence-electron chi connectivity index (χ3n) is 4.07. The second-order valence-corrected chi connectivity index (χ2v) is 5.86. The summed E-state index contributed by atoms with van der Waals surface area (Å²) >= 11 is 0. The highest BCUT2D eigenvalue weighted by atomic mass is 16.5. The molecule has 0 aliphatic rings. The summed E-state index contributed by atoms with van der Waals surface area (Å²) < 4.78 is 11.7. The van der Waals surface area contributed by atoms with Gasteiger partial charge in [-0.1, -0.05) is 66.7 Å². The maximum absolute atomic E-state index is 13.2. The Morgan fingerprint density at radius 1 is 0.926 bits per heavy atom. The molecule has 0 radical (unpaired) electrons. The zero-order valence-electron chi connectivity index (χ0n) is 15.0. The molecule has 0 heterocycles. The molecule has 0 saturated heterocycles. The molecule has 0 bridgehead atoms. The van der Waals surface area contributed by atoms with Crippen LogP contribution in [0.1, 0.15) is 39.3 Å². The Morgan fingerprint density at radius 3 is 2.22 bits per heavy atom. The number of rotatable bonds is 8. The van der Waals surface area contributed by atoms with E-state index in [-0.39, 0.29) is 11.5 Å². The highest BCUT2D eigenvalue weighted by Crippen LogP contribution is 2.35. The molecule has 0 fully saturated rings. The summed E-state index contributed by atoms with van der Waals surface area (Å²) in [6.45, 7) is 2.27. The summed E-state index contributed by atoms with van der Waals surface area (Å²) in [5.41, 5.74) is 1.57. The molecule has 1 atom stereocenters. The van der Waals surface area contributed by atoms with Crippen molar-refractivity contribution < 1.29 is 19.1 Å². The maximum atomic E-state index is 13.2. The number of hydrogen-bond donors (Lipinski definition) is 0. The molecular weight excluding hydrogens is 340 g/mol. The van der Waals surface area contributed by atoms with Crippen LogP contribution in [0.15, 0.2) is 78.9 Å². The summed E-state index contributed by atoms with van der Waals surface area (Å²) in [4.78, 5) is 24.7. The lowest BCUT2D eigenvalue weighted by molar-refractivity contribution is 0.0782. The van der Waals surface area contributed by atoms with Crippen LogP contribution in [0.2, 0.25) is 0 Å². The molecule has 0 aliphatic heterocycles. The predicted octanol–water partition coefficient (Wildman–Crippen LogP) is 4.90. The quantitative estimate of drug-likeness (QED) is 0.423. The first kappa shape index (κ1) is 18.4. The summed E-state index contributed by atoms with van der Waals surface area (Å²) in [6, 6.07) is 23.3. The van der Waals surface area contributed by atoms with Crippen molar-refractivity contribution in [2.75, 3.05) is 6.61 Å². The van der Waals surface area contributed by atoms with Crippen LogP contribution in [0.5, 0.6) is 11.5 Å². The van der Waals surface area contributed by atoms with E-state index in [1.165, 1.54) is 0 Å². The van der Waals surface area contributed by atoms with Crippen LogP contribution in [0.3, 0.4) is 0 Å². The van der Waals surface area contributed by atoms with Crippen molar-refractivity contribution in [3.63, 3.8) is 0 Å². The number of benzene rings is 3. The summed E-state index contributed by atoms with van der Waals surface area (Å²) in [5.74, 6) is 0.515. The van der Waals surface area contributed by atoms with Gasteiger partial charge in [0, 0.05) is 11.1 Å². The molecule has 4 nitrogen and oxygen atoms in total. The van der Waals surface area contributed by atoms with Gasteiger partial charge in [-0.15, -0.1) is 0 Å². The molecule has 3 aromatic rings. The van der Waals surface area contributed by atoms with Crippen LogP contribution < -0.4 is 9.47 Å². The second-order valence-electron chi connectivity index (χ2n) is 5.86. The highest BCUT2D eigenvalue weighted by molar-refractivity contribution is 6.00. The number of para-hydroxylation sites is 1. The predicted molar refractivity (Wildman–Crippen MR) is 104 cm³/mol. The number of hydrogen-bond acceptors (Lipinski definition) is 4. The molecule has 1 unspecified atom stereocenters. The summed E-state index contributed by atoms with van der Waals surface area (Å²) in [7, 11) is 0. The molecule has 3 rings (SSSR count). The average Bonchev–Trinajstić information content (AvgIpc) is 2.73. The number of carbonyl (C=O) groups is 2. The number of aldehydes is 1. The maximum Gasteiger partial charge on any atom is 0.207 e. The van der Waals surface area contributed by atoms with Crippen molar-refractivity contribution in [1.82, 2.24) is 0 Å². The Morgan fingerprint density at radius 2 is 1.59 bits per heavy atom. The first-order valence-electron chi connectivity index (χ1n) is 8.76. The molecule has 3 aromatic carbocycles. The third-order valence-corrected chi connectivity index (χ3v) is 4.07. The Labute approximate surface area is 158 Å². The van der Waals surface area contributed by atoms with Gasteiger partial charge in [-0.2, -0.15) is 0 Å². The molecule has 0 N–H and O–H groups in total. The lowest BCUT2D eigenvalue weighted by atomic mass is 9.99. The average molecular weight is 360 g/mol. The smallest absolute Gasteiger partial charge is 0.207 e. The standard InChI is InChI=1S/C23H20O4/c1-2-26-20-15-9-14-19(16-24)22(20)27-23(18-12-7-4-8-13-18)21(25)17-10-5-3-6-11-17/h3-16,23H,2H2,1H3. The van der Waals surface area contributed by atoms with E-state index in [0.29, 0.717) is 35.3 Å². The van der Waals surface area contributed by atoms with Gasteiger partial charge in [-0.25, -0.2) is 0 Å². The fraction of sp³-hybridized carbons (Fsp3) is 0.130. The first-order valence-corrected chi connectivity index (χ1v) is 8.76. The van der Waals surface area contributed by atoms with Crippen LogP contribution in [-0.4, -0.2) is 18.7 Å². The lowest BCUT2D eigenvalue weighted by Crippen LogP contribution is -2.20. The van der Waals surface area contributed by atoms with Crippen LogP contribution in [0, 0.1) is 0 Å². The van der Waals surface area contributed by atoms with Gasteiger partial charge in [-0.3, -0.25) is 9.59 Å². The second kappa shape index (κ2) is 8.81. The molecule has 27 heavy (non-hydrogen) atoms. The molecule has 0 aliphatic carbocycles. The zero-order valence-corrected chi connectivity index (χ0v) is 15.0. The molecule has 0 spiro atoms. The SMILES string of the molecule is CCOc1cccc(C=O)c1OC(C(=O)c1ccccc1)c1ccccc1. The minimum absolute atomic E-state index is 0.190. The lowest BCUT2D eigenvalue weighted by Gasteiger charge is -2.21. The third kappa shape index (κ3) is 4.23. The van der Waals surface area contributed by atoms with E-state index in [4.69, 9.17) is 9.47 Å². The summed E-state index contributed by atoms with van der Waals surface area (Å²) in [5, 5.41) is 0. The Bertz CT molecular complexity index is 904. The van der Waals surface area contributed by atoms with Crippen LogP contribution in [-0.2, 0) is 0 Å². The monoisotopic (exact) mass is 360 g/mol. The van der Waals surface area contributed by atoms with Crippen molar-refractivity contribution in [3.05, 3.63) is 95.6 Å². The van der Waals surface area contributed by atoms with E-state index < -0.39 is 6.10 Å². The van der Waals surface area contributed by atoms with Crippen LogP contribution in [0.25, 0.3) is 0 Å². The van der Waals surface area contributed by atoms with Crippen molar-refractivity contribution >= 4 is 12.1 Å². The van der Waals surface area contributed by atoms with E-state index in [0.717, 1.165) is 0 Å². The first-order chi connectivity index (χ1) is 13.2. The Hall–Kier alpha value is -3.40. The molecule has 0 aromatic heterocycles. The van der Waals surface area contributed by atoms with Gasteiger partial charge in [0.15, 0.2) is 23.9 Å². The zero-order chi connectivity index (χ0) is 19.1. The summed E-state index contributed by atoms with van der Waals surface area (Å²) in [6.07, 6.45) is -0.193. The Kier molecular flexibility index (Phi) is 6.00. The number of Topliss-reactive ketones (excluding diaryl/α,β-unsaturated/α-hetero) is 1. The van der Waals surface area contributed by atoms with E-state index in [1.807, 2.05) is 43.3 Å². The largest absolute Gasteiger partial charge is 0.490 e. The van der Waals surface area contributed by atoms with Gasteiger partial charge < -0.3 is 9.47 Å². The minimum atomic E-state index is -0.895. The normalized spacial score (nSPS) is 11.4.